The maximum atomic E-state index is 13.4. The molecule has 1 aliphatic rings. The Balaban J connectivity index is 1.11. The number of urea groups is 1. The summed E-state index contributed by atoms with van der Waals surface area (Å²) in [6, 6.07) is 11.1. The number of nitrogens with zero attached hydrogens (tertiary/aromatic N) is 5. The SMILES string of the molecule is Cc1cc(Oc2ncc(NC(=O)Nc3cc(C(F)(F)F)ccc3-c3cccnc3)cn2)ccc1-c1cnc(N2CCCC2=O)s1. The number of hydrogen-bond donors (Lipinski definition) is 2. The minimum atomic E-state index is -4.59. The number of hydrogen-bond acceptors (Lipinski definition) is 8. The zero-order valence-corrected chi connectivity index (χ0v) is 24.4. The van der Waals surface area contributed by atoms with Gasteiger partial charge in [0.25, 0.3) is 0 Å². The Hall–Kier alpha value is -5.37. The van der Waals surface area contributed by atoms with Crippen molar-refractivity contribution in [1.29, 1.82) is 0 Å². The van der Waals surface area contributed by atoms with Gasteiger partial charge in [-0.15, -0.1) is 0 Å². The summed E-state index contributed by atoms with van der Waals surface area (Å²) in [5.41, 5.74) is 2.01. The van der Waals surface area contributed by atoms with Gasteiger partial charge < -0.3 is 15.4 Å². The van der Waals surface area contributed by atoms with Gasteiger partial charge in [0, 0.05) is 42.7 Å². The summed E-state index contributed by atoms with van der Waals surface area (Å²) in [7, 11) is 0. The molecule has 0 atom stereocenters. The molecule has 5 aromatic rings. The molecule has 0 saturated carbocycles. The van der Waals surface area contributed by atoms with Crippen molar-refractivity contribution in [2.24, 2.45) is 0 Å². The average molecular weight is 632 g/mol. The van der Waals surface area contributed by atoms with Crippen LogP contribution in [0.5, 0.6) is 11.8 Å². The van der Waals surface area contributed by atoms with Crippen molar-refractivity contribution in [2.45, 2.75) is 25.9 Å². The van der Waals surface area contributed by atoms with Crippen molar-refractivity contribution in [3.63, 3.8) is 0 Å². The predicted octanol–water partition coefficient (Wildman–Crippen LogP) is 7.55. The summed E-state index contributed by atoms with van der Waals surface area (Å²) in [5.74, 6) is 0.575. The number of anilines is 3. The van der Waals surface area contributed by atoms with Crippen LogP contribution in [0, 0.1) is 6.92 Å². The first kappa shape index (κ1) is 29.7. The number of rotatable bonds is 7. The largest absolute Gasteiger partial charge is 0.424 e. The molecule has 0 spiro atoms. The number of aryl methyl sites for hydroxylation is 1. The number of benzene rings is 2. The highest BCUT2D eigenvalue weighted by Crippen LogP contribution is 2.37. The van der Waals surface area contributed by atoms with Crippen molar-refractivity contribution in [3.05, 3.63) is 90.6 Å². The van der Waals surface area contributed by atoms with Crippen LogP contribution in [0.3, 0.4) is 0 Å². The summed E-state index contributed by atoms with van der Waals surface area (Å²) in [6.45, 7) is 2.61. The smallest absolute Gasteiger partial charge is 0.416 e. The Labute approximate surface area is 259 Å². The number of nitrogens with one attached hydrogen (secondary N) is 2. The van der Waals surface area contributed by atoms with E-state index in [0.29, 0.717) is 35.0 Å². The number of aromatic nitrogens is 4. The van der Waals surface area contributed by atoms with Gasteiger partial charge in [-0.1, -0.05) is 23.5 Å². The Bertz CT molecular complexity index is 1870. The predicted molar refractivity (Wildman–Crippen MR) is 163 cm³/mol. The van der Waals surface area contributed by atoms with Crippen LogP contribution >= 0.6 is 11.3 Å². The van der Waals surface area contributed by atoms with Crippen LogP contribution in [-0.4, -0.2) is 38.4 Å². The number of ether oxygens (including phenoxy) is 1. The Kier molecular flexibility index (Phi) is 8.13. The van der Waals surface area contributed by atoms with Crippen molar-refractivity contribution in [3.8, 4) is 33.3 Å². The molecule has 14 heteroatoms. The summed E-state index contributed by atoms with van der Waals surface area (Å²) in [6.07, 6.45) is 4.19. The zero-order chi connectivity index (χ0) is 31.6. The molecule has 0 bridgehead atoms. The fraction of sp³-hybridized carbons (Fsp3) is 0.161. The van der Waals surface area contributed by atoms with Crippen LogP contribution in [0.1, 0.15) is 24.0 Å². The lowest BCUT2D eigenvalue weighted by Gasteiger charge is -2.15. The molecule has 6 rings (SSSR count). The number of carbonyl (C=O) groups is 2. The Morgan fingerprint density at radius 3 is 2.47 bits per heavy atom. The monoisotopic (exact) mass is 631 g/mol. The minimum absolute atomic E-state index is 0.0254. The molecule has 3 amide bonds. The standard InChI is InChI=1S/C31H24F3N7O3S/c1-18-12-22(7-9-23(18)26-17-38-30(45-26)41-11-3-5-27(41)42)44-29-36-15-21(16-37-29)39-28(43)40-25-13-20(31(32,33)34)6-8-24(25)19-4-2-10-35-14-19/h2,4,6-10,12-17H,3,5,11H2,1H3,(H2,39,40,43). The van der Waals surface area contributed by atoms with Crippen molar-refractivity contribution in [1.82, 2.24) is 19.9 Å². The molecular formula is C31H24F3N7O3S. The maximum absolute atomic E-state index is 13.4. The fourth-order valence-electron chi connectivity index (χ4n) is 4.76. The van der Waals surface area contributed by atoms with Crippen LogP contribution in [-0.2, 0) is 11.0 Å². The fourth-order valence-corrected chi connectivity index (χ4v) is 5.81. The van der Waals surface area contributed by atoms with E-state index in [1.807, 2.05) is 19.1 Å². The van der Waals surface area contributed by atoms with Gasteiger partial charge in [-0.25, -0.2) is 19.7 Å². The highest BCUT2D eigenvalue weighted by atomic mass is 32.1. The molecule has 45 heavy (non-hydrogen) atoms. The van der Waals surface area contributed by atoms with E-state index >= 15 is 0 Å². The quantitative estimate of drug-likeness (QED) is 0.190. The summed E-state index contributed by atoms with van der Waals surface area (Å²) in [4.78, 5) is 44.2. The number of alkyl halides is 3. The molecule has 3 aromatic heterocycles. The van der Waals surface area contributed by atoms with Gasteiger partial charge in [-0.05, 0) is 60.9 Å². The van der Waals surface area contributed by atoms with Crippen LogP contribution in [0.2, 0.25) is 0 Å². The molecule has 2 aromatic carbocycles. The molecular weight excluding hydrogens is 607 g/mol. The van der Waals surface area contributed by atoms with E-state index in [-0.39, 0.29) is 23.3 Å². The van der Waals surface area contributed by atoms with Gasteiger partial charge >= 0.3 is 18.2 Å². The Morgan fingerprint density at radius 2 is 1.78 bits per heavy atom. The number of thiazole rings is 1. The summed E-state index contributed by atoms with van der Waals surface area (Å²) in [5, 5.41) is 5.69. The third-order valence-corrected chi connectivity index (χ3v) is 7.98. The molecule has 228 valence electrons. The van der Waals surface area contributed by atoms with E-state index in [1.54, 1.807) is 29.3 Å². The highest BCUT2D eigenvalue weighted by molar-refractivity contribution is 7.19. The molecule has 4 heterocycles. The number of halogens is 3. The average Bonchev–Trinajstić information content (AvgIpc) is 3.67. The number of amides is 3. The van der Waals surface area contributed by atoms with Crippen LogP contribution in [0.15, 0.2) is 79.5 Å². The summed E-state index contributed by atoms with van der Waals surface area (Å²) >= 11 is 1.46. The maximum Gasteiger partial charge on any atom is 0.416 e. The second kappa shape index (κ2) is 12.3. The minimum Gasteiger partial charge on any atom is -0.424 e. The Morgan fingerprint density at radius 1 is 0.978 bits per heavy atom. The van der Waals surface area contributed by atoms with E-state index in [9.17, 15) is 22.8 Å². The normalized spacial score (nSPS) is 13.2. The van der Waals surface area contributed by atoms with Crippen LogP contribution < -0.4 is 20.3 Å². The first-order valence-electron chi connectivity index (χ1n) is 13.7. The molecule has 1 fully saturated rings. The van der Waals surface area contributed by atoms with Gasteiger partial charge in [0.2, 0.25) is 5.91 Å². The lowest BCUT2D eigenvalue weighted by atomic mass is 10.0. The molecule has 10 nitrogen and oxygen atoms in total. The first-order chi connectivity index (χ1) is 21.6. The van der Waals surface area contributed by atoms with Crippen molar-refractivity contribution >= 4 is 39.8 Å². The van der Waals surface area contributed by atoms with Crippen molar-refractivity contribution in [2.75, 3.05) is 22.1 Å². The highest BCUT2D eigenvalue weighted by Gasteiger charge is 2.31. The van der Waals surface area contributed by atoms with Gasteiger partial charge in [0.1, 0.15) is 5.75 Å². The summed E-state index contributed by atoms with van der Waals surface area (Å²) < 4.78 is 45.9. The molecule has 1 saturated heterocycles. The van der Waals surface area contributed by atoms with Gasteiger partial charge in [-0.2, -0.15) is 13.2 Å². The van der Waals surface area contributed by atoms with Gasteiger partial charge in [-0.3, -0.25) is 14.7 Å². The number of pyridine rings is 1. The second-order valence-electron chi connectivity index (χ2n) is 10.1. The molecule has 0 unspecified atom stereocenters. The van der Waals surface area contributed by atoms with E-state index in [0.717, 1.165) is 34.6 Å². The molecule has 1 aliphatic heterocycles. The lowest BCUT2D eigenvalue weighted by molar-refractivity contribution is -0.137. The molecule has 2 N–H and O–H groups in total. The molecule has 0 aliphatic carbocycles. The van der Waals surface area contributed by atoms with Gasteiger partial charge in [0.15, 0.2) is 5.13 Å². The van der Waals surface area contributed by atoms with Crippen LogP contribution in [0.25, 0.3) is 21.6 Å². The zero-order valence-electron chi connectivity index (χ0n) is 23.6. The number of carbonyl (C=O) groups excluding carboxylic acids is 2. The second-order valence-corrected chi connectivity index (χ2v) is 11.1. The molecule has 0 radical (unpaired) electrons. The topological polar surface area (TPSA) is 122 Å². The third-order valence-electron chi connectivity index (χ3n) is 6.92. The van der Waals surface area contributed by atoms with E-state index in [1.165, 1.54) is 42.2 Å². The van der Waals surface area contributed by atoms with Crippen molar-refractivity contribution < 1.29 is 27.5 Å². The first-order valence-corrected chi connectivity index (χ1v) is 14.5. The van der Waals surface area contributed by atoms with E-state index in [4.69, 9.17) is 4.74 Å². The lowest BCUT2D eigenvalue weighted by Crippen LogP contribution is -2.23. The van der Waals surface area contributed by atoms with Crippen LogP contribution in [0.4, 0.5) is 34.5 Å². The van der Waals surface area contributed by atoms with E-state index < -0.39 is 17.8 Å². The van der Waals surface area contributed by atoms with E-state index in [2.05, 4.69) is 30.6 Å². The van der Waals surface area contributed by atoms with Gasteiger partial charge in [0.05, 0.1) is 34.2 Å². The third kappa shape index (κ3) is 6.75.